The third kappa shape index (κ3) is 19.6. The standard InChI is InChI=1S/C21H39ClO3/c1-2-3-4-5-6-7-8-9-10-11-12-13-14-15-16-17-21(24)25-19-20(22)18-23/h9-10,20,23H,2-8,11-19H2,1H3/b10-9-. The van der Waals surface area contributed by atoms with Crippen LogP contribution >= 0.6 is 11.6 Å². The molecule has 1 atom stereocenters. The van der Waals surface area contributed by atoms with Crippen LogP contribution in [0, 0.1) is 0 Å². The fourth-order valence-corrected chi connectivity index (χ4v) is 2.71. The molecule has 0 aromatic heterocycles. The summed E-state index contributed by atoms with van der Waals surface area (Å²) in [6, 6.07) is 0. The van der Waals surface area contributed by atoms with E-state index in [9.17, 15) is 4.79 Å². The molecule has 0 spiro atoms. The lowest BCUT2D eigenvalue weighted by molar-refractivity contribution is -0.143. The Morgan fingerprint density at radius 2 is 1.44 bits per heavy atom. The zero-order valence-corrected chi connectivity index (χ0v) is 16.9. The molecule has 0 aliphatic carbocycles. The maximum absolute atomic E-state index is 11.4. The van der Waals surface area contributed by atoms with Gasteiger partial charge >= 0.3 is 5.97 Å². The first-order chi connectivity index (χ1) is 12.2. The predicted octanol–water partition coefficient (Wildman–Crippen LogP) is 6.17. The number of rotatable bonds is 18. The number of esters is 1. The van der Waals surface area contributed by atoms with E-state index in [1.807, 2.05) is 0 Å². The molecule has 0 fully saturated rings. The fourth-order valence-electron chi connectivity index (χ4n) is 2.65. The number of alkyl halides is 1. The van der Waals surface area contributed by atoms with Crippen molar-refractivity contribution in [2.75, 3.05) is 13.2 Å². The average molecular weight is 375 g/mol. The highest BCUT2D eigenvalue weighted by molar-refractivity contribution is 6.20. The summed E-state index contributed by atoms with van der Waals surface area (Å²) in [6.07, 6.45) is 21.3. The lowest BCUT2D eigenvalue weighted by atomic mass is 10.1. The van der Waals surface area contributed by atoms with E-state index in [0.29, 0.717) is 6.42 Å². The van der Waals surface area contributed by atoms with Crippen LogP contribution in [-0.2, 0) is 9.53 Å². The Balaban J connectivity index is 3.22. The molecule has 0 saturated carbocycles. The number of unbranched alkanes of at least 4 members (excludes halogenated alkanes) is 11. The summed E-state index contributed by atoms with van der Waals surface area (Å²) >= 11 is 5.67. The summed E-state index contributed by atoms with van der Waals surface area (Å²) < 4.78 is 4.97. The predicted molar refractivity (Wildman–Crippen MR) is 107 cm³/mol. The third-order valence-corrected chi connectivity index (χ3v) is 4.53. The molecule has 0 aliphatic rings. The van der Waals surface area contributed by atoms with Gasteiger partial charge < -0.3 is 9.84 Å². The molecule has 0 saturated heterocycles. The van der Waals surface area contributed by atoms with E-state index in [1.54, 1.807) is 0 Å². The second kappa shape index (κ2) is 19.8. The fraction of sp³-hybridized carbons (Fsp3) is 0.857. The quantitative estimate of drug-likeness (QED) is 0.135. The molecule has 0 radical (unpaired) electrons. The SMILES string of the molecule is CCCCCCCC/C=C\CCCCCCCC(=O)OCC(Cl)CO. The van der Waals surface area contributed by atoms with Crippen molar-refractivity contribution in [3.63, 3.8) is 0 Å². The van der Waals surface area contributed by atoms with Gasteiger partial charge in [-0.3, -0.25) is 4.79 Å². The van der Waals surface area contributed by atoms with Gasteiger partial charge in [-0.1, -0.05) is 70.4 Å². The monoisotopic (exact) mass is 374 g/mol. The number of halogens is 1. The number of aliphatic hydroxyl groups excluding tert-OH is 1. The minimum atomic E-state index is -0.488. The molecule has 0 aliphatic heterocycles. The van der Waals surface area contributed by atoms with Gasteiger partial charge in [0.25, 0.3) is 0 Å². The number of allylic oxidation sites excluding steroid dienone is 2. The molecule has 148 valence electrons. The summed E-state index contributed by atoms with van der Waals surface area (Å²) in [5.41, 5.74) is 0. The lowest BCUT2D eigenvalue weighted by Crippen LogP contribution is -2.16. The molecule has 0 aromatic rings. The largest absolute Gasteiger partial charge is 0.464 e. The van der Waals surface area contributed by atoms with Crippen molar-refractivity contribution in [3.8, 4) is 0 Å². The minimum absolute atomic E-state index is 0.0992. The molecule has 1 N–H and O–H groups in total. The van der Waals surface area contributed by atoms with Crippen LogP contribution in [-0.4, -0.2) is 29.7 Å². The number of ether oxygens (including phenoxy) is 1. The van der Waals surface area contributed by atoms with Gasteiger partial charge in [0.1, 0.15) is 6.61 Å². The Morgan fingerprint density at radius 1 is 0.920 bits per heavy atom. The number of carbonyl (C=O) groups is 1. The van der Waals surface area contributed by atoms with Gasteiger partial charge in [-0.05, 0) is 32.1 Å². The van der Waals surface area contributed by atoms with Crippen LogP contribution in [0.2, 0.25) is 0 Å². The number of aliphatic hydroxyl groups is 1. The molecule has 0 bridgehead atoms. The highest BCUT2D eigenvalue weighted by Crippen LogP contribution is 2.10. The van der Waals surface area contributed by atoms with Gasteiger partial charge in [0.05, 0.1) is 12.0 Å². The zero-order valence-electron chi connectivity index (χ0n) is 16.2. The van der Waals surface area contributed by atoms with Crippen LogP contribution in [0.5, 0.6) is 0 Å². The zero-order chi connectivity index (χ0) is 18.6. The van der Waals surface area contributed by atoms with Crippen LogP contribution in [0.1, 0.15) is 96.8 Å². The van der Waals surface area contributed by atoms with Gasteiger partial charge in [-0.25, -0.2) is 0 Å². The number of hydrogen-bond donors (Lipinski definition) is 1. The summed E-state index contributed by atoms with van der Waals surface area (Å²) in [4.78, 5) is 11.4. The molecule has 0 rings (SSSR count). The Kier molecular flexibility index (Phi) is 19.4. The van der Waals surface area contributed by atoms with E-state index in [1.165, 1.54) is 70.6 Å². The smallest absolute Gasteiger partial charge is 0.305 e. The Bertz CT molecular complexity index is 318. The van der Waals surface area contributed by atoms with Gasteiger partial charge in [0.2, 0.25) is 0 Å². The van der Waals surface area contributed by atoms with Gasteiger partial charge in [-0.15, -0.1) is 11.6 Å². The molecule has 0 aromatic carbocycles. The minimum Gasteiger partial charge on any atom is -0.464 e. The average Bonchev–Trinajstić information content (AvgIpc) is 2.62. The van der Waals surface area contributed by atoms with E-state index >= 15 is 0 Å². The summed E-state index contributed by atoms with van der Waals surface area (Å²) in [7, 11) is 0. The van der Waals surface area contributed by atoms with Crippen molar-refractivity contribution in [1.82, 2.24) is 0 Å². The van der Waals surface area contributed by atoms with Crippen LogP contribution in [0.25, 0.3) is 0 Å². The number of carbonyl (C=O) groups excluding carboxylic acids is 1. The summed E-state index contributed by atoms with van der Waals surface area (Å²) in [6.45, 7) is 2.19. The normalized spacial score (nSPS) is 12.6. The summed E-state index contributed by atoms with van der Waals surface area (Å²) in [5.74, 6) is -0.211. The lowest BCUT2D eigenvalue weighted by Gasteiger charge is -2.07. The van der Waals surface area contributed by atoms with Gasteiger partial charge in [0.15, 0.2) is 0 Å². The van der Waals surface area contributed by atoms with Crippen LogP contribution in [0.3, 0.4) is 0 Å². The maximum atomic E-state index is 11.4. The first-order valence-electron chi connectivity index (χ1n) is 10.3. The molecule has 0 amide bonds. The molecular formula is C21H39ClO3. The third-order valence-electron chi connectivity index (χ3n) is 4.27. The molecule has 0 heterocycles. The Hall–Kier alpha value is -0.540. The molecule has 3 nitrogen and oxygen atoms in total. The van der Waals surface area contributed by atoms with Crippen molar-refractivity contribution < 1.29 is 14.6 Å². The number of hydrogen-bond acceptors (Lipinski definition) is 3. The van der Waals surface area contributed by atoms with Crippen molar-refractivity contribution in [1.29, 1.82) is 0 Å². The molecule has 4 heteroatoms. The van der Waals surface area contributed by atoms with Crippen LogP contribution in [0.4, 0.5) is 0 Å². The Morgan fingerprint density at radius 3 is 2.00 bits per heavy atom. The Labute approximate surface area is 160 Å². The van der Waals surface area contributed by atoms with Crippen molar-refractivity contribution >= 4 is 17.6 Å². The molecular weight excluding hydrogens is 336 g/mol. The van der Waals surface area contributed by atoms with Crippen LogP contribution < -0.4 is 0 Å². The highest BCUT2D eigenvalue weighted by Gasteiger charge is 2.07. The summed E-state index contributed by atoms with van der Waals surface area (Å²) in [5, 5.41) is 8.25. The molecule has 25 heavy (non-hydrogen) atoms. The first-order valence-corrected chi connectivity index (χ1v) is 10.7. The second-order valence-corrected chi connectivity index (χ2v) is 7.41. The van der Waals surface area contributed by atoms with Gasteiger partial charge in [0, 0.05) is 6.42 Å². The van der Waals surface area contributed by atoms with Gasteiger partial charge in [-0.2, -0.15) is 0 Å². The van der Waals surface area contributed by atoms with Crippen molar-refractivity contribution in [3.05, 3.63) is 12.2 Å². The molecule has 1 unspecified atom stereocenters. The maximum Gasteiger partial charge on any atom is 0.305 e. The topological polar surface area (TPSA) is 46.5 Å². The van der Waals surface area contributed by atoms with E-state index in [4.69, 9.17) is 21.4 Å². The van der Waals surface area contributed by atoms with E-state index in [-0.39, 0.29) is 19.2 Å². The van der Waals surface area contributed by atoms with Crippen molar-refractivity contribution in [2.24, 2.45) is 0 Å². The van der Waals surface area contributed by atoms with Crippen LogP contribution in [0.15, 0.2) is 12.2 Å². The second-order valence-electron chi connectivity index (χ2n) is 6.80. The van der Waals surface area contributed by atoms with Crippen molar-refractivity contribution in [2.45, 2.75) is 102 Å². The van der Waals surface area contributed by atoms with E-state index in [0.717, 1.165) is 12.8 Å². The first kappa shape index (κ1) is 24.5. The van der Waals surface area contributed by atoms with E-state index < -0.39 is 5.38 Å². The highest BCUT2D eigenvalue weighted by atomic mass is 35.5. The van der Waals surface area contributed by atoms with E-state index in [2.05, 4.69) is 19.1 Å².